The summed E-state index contributed by atoms with van der Waals surface area (Å²) in [6.07, 6.45) is -0.914. The van der Waals surface area contributed by atoms with E-state index in [-0.39, 0.29) is 80.7 Å². The molecule has 5 nitrogen and oxygen atoms in total. The van der Waals surface area contributed by atoms with Crippen molar-refractivity contribution in [2.45, 2.75) is 12.8 Å². The number of rotatable bonds is 5. The molecule has 0 unspecified atom stereocenters. The number of halogens is 3. The molecular weight excluding hydrogens is 473 g/mol. The van der Waals surface area contributed by atoms with E-state index >= 15 is 0 Å². The Hall–Kier alpha value is -2.11. The smallest absolute Gasteiger partial charge is 0.465 e. The average molecular weight is 493 g/mol. The molecule has 1 N–H and O–H groups in total. The van der Waals surface area contributed by atoms with Gasteiger partial charge in [-0.05, 0) is 34.7 Å². The maximum Gasteiger partial charge on any atom is 1.00 e. The molecule has 1 aliphatic carbocycles. The van der Waals surface area contributed by atoms with Crippen LogP contribution in [0.3, 0.4) is 0 Å². The van der Waals surface area contributed by atoms with Crippen LogP contribution < -0.4 is 62.2 Å². The Balaban J connectivity index is 0.00000324. The molecule has 0 spiro atoms. The van der Waals surface area contributed by atoms with Gasteiger partial charge in [0.15, 0.2) is 0 Å². The first kappa shape index (κ1) is 26.5. The van der Waals surface area contributed by atoms with E-state index in [2.05, 4.69) is 10.1 Å². The molecule has 4 rings (SSSR count). The standard InChI is InChI=1S/C24H20BF3NO4.K/c1-14-20(23(30)32-2)11-15(25(26,27)28)12-22(14)29-24(31)33-13-21-18-9-5-3-7-16(18)17-8-4-6-10-19(17)21;/h3-12,21H,13H2,1-2H3,(H,29,31);/q-1;+1. The maximum atomic E-state index is 13.4. The second kappa shape index (κ2) is 10.7. The first-order valence-corrected chi connectivity index (χ1v) is 10.3. The van der Waals surface area contributed by atoms with Gasteiger partial charge < -0.3 is 22.4 Å². The minimum absolute atomic E-state index is 0. The van der Waals surface area contributed by atoms with E-state index in [0.717, 1.165) is 41.5 Å². The predicted octanol–water partition coefficient (Wildman–Crippen LogP) is 2.20. The van der Waals surface area contributed by atoms with Crippen LogP contribution in [-0.4, -0.2) is 32.8 Å². The van der Waals surface area contributed by atoms with E-state index in [1.165, 1.54) is 6.92 Å². The quantitative estimate of drug-likeness (QED) is 0.438. The third kappa shape index (κ3) is 5.26. The van der Waals surface area contributed by atoms with Crippen molar-refractivity contribution >= 4 is 30.2 Å². The van der Waals surface area contributed by atoms with Crippen molar-refractivity contribution in [3.63, 3.8) is 0 Å². The van der Waals surface area contributed by atoms with Crippen LogP contribution in [0, 0.1) is 6.92 Å². The Morgan fingerprint density at radius 1 is 0.971 bits per heavy atom. The van der Waals surface area contributed by atoms with Gasteiger partial charge in [0.05, 0.1) is 12.7 Å². The SMILES string of the molecule is COC(=O)c1cc([B-](F)(F)F)cc(NC(=O)OCC2c3ccccc3-c3ccccc32)c1C.[K+]. The summed E-state index contributed by atoms with van der Waals surface area (Å²) in [6, 6.07) is 17.1. The average Bonchev–Trinajstić information content (AvgIpc) is 3.11. The minimum Gasteiger partial charge on any atom is -0.465 e. The number of esters is 1. The van der Waals surface area contributed by atoms with Crippen molar-refractivity contribution in [2.75, 3.05) is 19.0 Å². The molecule has 3 aromatic carbocycles. The van der Waals surface area contributed by atoms with Gasteiger partial charge in [-0.15, -0.1) is 5.46 Å². The zero-order valence-electron chi connectivity index (χ0n) is 18.9. The van der Waals surface area contributed by atoms with Crippen molar-refractivity contribution < 1.29 is 83.4 Å². The molecule has 0 radical (unpaired) electrons. The number of anilines is 1. The number of nitrogens with one attached hydrogen (secondary N) is 1. The number of carbonyl (C=O) groups excluding carboxylic acids is 2. The van der Waals surface area contributed by atoms with Gasteiger partial charge in [0.2, 0.25) is 0 Å². The van der Waals surface area contributed by atoms with Crippen LogP contribution in [-0.2, 0) is 9.47 Å². The molecule has 0 fully saturated rings. The molecule has 34 heavy (non-hydrogen) atoms. The second-order valence-corrected chi connectivity index (χ2v) is 7.76. The van der Waals surface area contributed by atoms with Gasteiger partial charge in [-0.2, -0.15) is 0 Å². The Bertz CT molecular complexity index is 1200. The van der Waals surface area contributed by atoms with Gasteiger partial charge >= 0.3 is 70.4 Å². The molecule has 0 aromatic heterocycles. The molecule has 1 aliphatic rings. The van der Waals surface area contributed by atoms with E-state index in [1.807, 2.05) is 48.5 Å². The molecule has 0 aliphatic heterocycles. The van der Waals surface area contributed by atoms with Gasteiger partial charge in [0.1, 0.15) is 6.61 Å². The number of ether oxygens (including phenoxy) is 2. The zero-order chi connectivity index (χ0) is 23.8. The van der Waals surface area contributed by atoms with Crippen molar-refractivity contribution in [1.82, 2.24) is 0 Å². The monoisotopic (exact) mass is 493 g/mol. The molecular formula is C24H20BF3KNO4. The minimum atomic E-state index is -5.40. The van der Waals surface area contributed by atoms with Gasteiger partial charge in [-0.3, -0.25) is 5.32 Å². The normalized spacial score (nSPS) is 12.3. The van der Waals surface area contributed by atoms with E-state index in [1.54, 1.807) is 0 Å². The van der Waals surface area contributed by atoms with Crippen molar-refractivity contribution in [2.24, 2.45) is 0 Å². The number of benzene rings is 3. The molecule has 170 valence electrons. The molecule has 0 atom stereocenters. The Morgan fingerprint density at radius 2 is 1.53 bits per heavy atom. The molecule has 0 bridgehead atoms. The number of methoxy groups -OCH3 is 1. The number of carbonyl (C=O) groups is 2. The predicted molar refractivity (Wildman–Crippen MR) is 120 cm³/mol. The van der Waals surface area contributed by atoms with Crippen molar-refractivity contribution in [3.8, 4) is 11.1 Å². The maximum absolute atomic E-state index is 13.4. The van der Waals surface area contributed by atoms with Gasteiger partial charge in [0.25, 0.3) is 0 Å². The number of hydrogen-bond donors (Lipinski definition) is 1. The van der Waals surface area contributed by atoms with E-state index in [0.29, 0.717) is 0 Å². The molecule has 10 heteroatoms. The summed E-state index contributed by atoms with van der Waals surface area (Å²) in [5, 5.41) is 2.36. The summed E-state index contributed by atoms with van der Waals surface area (Å²) in [4.78, 5) is 24.5. The van der Waals surface area contributed by atoms with E-state index in [9.17, 15) is 22.5 Å². The topological polar surface area (TPSA) is 64.6 Å². The van der Waals surface area contributed by atoms with Crippen LogP contribution in [0.4, 0.5) is 23.4 Å². The fourth-order valence-electron chi connectivity index (χ4n) is 4.12. The van der Waals surface area contributed by atoms with Crippen molar-refractivity contribution in [3.05, 3.63) is 82.9 Å². The molecule has 0 saturated carbocycles. The van der Waals surface area contributed by atoms with Gasteiger partial charge in [-0.1, -0.05) is 60.7 Å². The van der Waals surface area contributed by atoms with Crippen LogP contribution in [0.15, 0.2) is 60.7 Å². The number of fused-ring (bicyclic) bond motifs is 3. The Morgan fingerprint density at radius 3 is 2.06 bits per heavy atom. The Kier molecular flexibility index (Phi) is 8.30. The summed E-state index contributed by atoms with van der Waals surface area (Å²) in [7, 11) is 1.08. The second-order valence-electron chi connectivity index (χ2n) is 7.76. The summed E-state index contributed by atoms with van der Waals surface area (Å²) >= 11 is 0. The van der Waals surface area contributed by atoms with Crippen LogP contribution >= 0.6 is 0 Å². The first-order chi connectivity index (χ1) is 15.7. The Labute approximate surface area is 237 Å². The summed E-state index contributed by atoms with van der Waals surface area (Å²) in [6.45, 7) is -3.97. The molecule has 0 saturated heterocycles. The number of amides is 1. The van der Waals surface area contributed by atoms with Crippen molar-refractivity contribution in [1.29, 1.82) is 0 Å². The largest absolute Gasteiger partial charge is 1.00 e. The summed E-state index contributed by atoms with van der Waals surface area (Å²) in [5.41, 5.74) is 2.83. The van der Waals surface area contributed by atoms with E-state index in [4.69, 9.17) is 4.74 Å². The summed E-state index contributed by atoms with van der Waals surface area (Å²) < 4.78 is 50.1. The zero-order valence-corrected chi connectivity index (χ0v) is 22.0. The molecule has 3 aromatic rings. The van der Waals surface area contributed by atoms with Crippen LogP contribution in [0.1, 0.15) is 33.0 Å². The first-order valence-electron chi connectivity index (χ1n) is 10.3. The van der Waals surface area contributed by atoms with Crippen LogP contribution in [0.2, 0.25) is 0 Å². The van der Waals surface area contributed by atoms with Gasteiger partial charge in [-0.25, -0.2) is 9.59 Å². The van der Waals surface area contributed by atoms with E-state index < -0.39 is 24.5 Å². The fraction of sp³-hybridized carbons (Fsp3) is 0.167. The van der Waals surface area contributed by atoms with Gasteiger partial charge in [0, 0.05) is 11.6 Å². The van der Waals surface area contributed by atoms with Crippen LogP contribution in [0.25, 0.3) is 11.1 Å². The van der Waals surface area contributed by atoms with Crippen LogP contribution in [0.5, 0.6) is 0 Å². The molecule has 0 heterocycles. The number of hydrogen-bond acceptors (Lipinski definition) is 4. The third-order valence-corrected chi connectivity index (χ3v) is 5.79. The summed E-state index contributed by atoms with van der Waals surface area (Å²) in [5.74, 6) is -1.12. The fourth-order valence-corrected chi connectivity index (χ4v) is 4.12. The molecule has 1 amide bonds. The third-order valence-electron chi connectivity index (χ3n) is 5.79.